The van der Waals surface area contributed by atoms with Gasteiger partial charge >= 0.3 is 0 Å². The highest BCUT2D eigenvalue weighted by atomic mass is 16.5. The quantitative estimate of drug-likeness (QED) is 0.870. The Kier molecular flexibility index (Phi) is 3.69. The first-order valence-corrected chi connectivity index (χ1v) is 7.05. The smallest absolute Gasteiger partial charge is 0.240 e. The lowest BCUT2D eigenvalue weighted by molar-refractivity contribution is 0.379. The van der Waals surface area contributed by atoms with Gasteiger partial charge in [-0.2, -0.15) is 4.98 Å². The molecule has 1 aromatic heterocycles. The van der Waals surface area contributed by atoms with Gasteiger partial charge in [-0.05, 0) is 42.9 Å². The standard InChI is InChI=1S/C15H19N3O2/c1-19-12-8-7-10-5-3-2-4-6-11(10)14(12)15-17-13(9-16)20-18-15/h7-8H,2-6,9,16H2,1H3. The summed E-state index contributed by atoms with van der Waals surface area (Å²) in [5, 5.41) is 4.06. The fraction of sp³-hybridized carbons (Fsp3) is 0.467. The van der Waals surface area contributed by atoms with E-state index in [0.717, 1.165) is 24.2 Å². The molecule has 1 aromatic carbocycles. The van der Waals surface area contributed by atoms with Crippen LogP contribution in [-0.2, 0) is 19.4 Å². The number of aryl methyl sites for hydroxylation is 1. The van der Waals surface area contributed by atoms with Crippen molar-refractivity contribution in [3.63, 3.8) is 0 Å². The summed E-state index contributed by atoms with van der Waals surface area (Å²) < 4.78 is 10.6. The first-order valence-electron chi connectivity index (χ1n) is 7.05. The van der Waals surface area contributed by atoms with E-state index in [2.05, 4.69) is 16.2 Å². The second-order valence-corrected chi connectivity index (χ2v) is 5.06. The van der Waals surface area contributed by atoms with E-state index in [1.807, 2.05) is 6.07 Å². The molecular weight excluding hydrogens is 254 g/mol. The van der Waals surface area contributed by atoms with Crippen molar-refractivity contribution in [3.05, 3.63) is 29.2 Å². The van der Waals surface area contributed by atoms with E-state index < -0.39 is 0 Å². The number of aromatic nitrogens is 2. The zero-order valence-corrected chi connectivity index (χ0v) is 11.7. The Balaban J connectivity index is 2.15. The molecule has 0 saturated heterocycles. The van der Waals surface area contributed by atoms with E-state index in [4.69, 9.17) is 15.0 Å². The predicted molar refractivity (Wildman–Crippen MR) is 75.4 cm³/mol. The Morgan fingerprint density at radius 2 is 2.10 bits per heavy atom. The summed E-state index contributed by atoms with van der Waals surface area (Å²) in [5.74, 6) is 1.84. The fourth-order valence-electron chi connectivity index (χ4n) is 2.84. The molecule has 2 N–H and O–H groups in total. The molecule has 20 heavy (non-hydrogen) atoms. The third-order valence-corrected chi connectivity index (χ3v) is 3.83. The third kappa shape index (κ3) is 2.29. The van der Waals surface area contributed by atoms with Gasteiger partial charge in [0.25, 0.3) is 0 Å². The van der Waals surface area contributed by atoms with Crippen LogP contribution in [-0.4, -0.2) is 17.3 Å². The molecule has 5 heteroatoms. The highest BCUT2D eigenvalue weighted by Gasteiger charge is 2.21. The lowest BCUT2D eigenvalue weighted by Crippen LogP contribution is -2.00. The van der Waals surface area contributed by atoms with Crippen LogP contribution in [0.5, 0.6) is 5.75 Å². The monoisotopic (exact) mass is 273 g/mol. The fourth-order valence-corrected chi connectivity index (χ4v) is 2.84. The lowest BCUT2D eigenvalue weighted by atomic mass is 9.95. The largest absolute Gasteiger partial charge is 0.496 e. The van der Waals surface area contributed by atoms with Crippen LogP contribution < -0.4 is 10.5 Å². The number of nitrogens with zero attached hydrogens (tertiary/aromatic N) is 2. The van der Waals surface area contributed by atoms with Crippen molar-refractivity contribution < 1.29 is 9.26 Å². The summed E-state index contributed by atoms with van der Waals surface area (Å²) in [6, 6.07) is 4.16. The molecule has 0 saturated carbocycles. The minimum atomic E-state index is 0.254. The maximum Gasteiger partial charge on any atom is 0.240 e. The molecule has 1 heterocycles. The van der Waals surface area contributed by atoms with Crippen LogP contribution in [0.1, 0.15) is 36.3 Å². The van der Waals surface area contributed by atoms with Crippen molar-refractivity contribution in [2.75, 3.05) is 7.11 Å². The third-order valence-electron chi connectivity index (χ3n) is 3.83. The Morgan fingerprint density at radius 3 is 2.85 bits per heavy atom. The van der Waals surface area contributed by atoms with Crippen LogP contribution in [0.15, 0.2) is 16.7 Å². The van der Waals surface area contributed by atoms with E-state index in [1.54, 1.807) is 7.11 Å². The summed E-state index contributed by atoms with van der Waals surface area (Å²) in [6.45, 7) is 0.254. The van der Waals surface area contributed by atoms with E-state index in [9.17, 15) is 0 Å². The van der Waals surface area contributed by atoms with Gasteiger partial charge in [0.15, 0.2) is 0 Å². The van der Waals surface area contributed by atoms with Gasteiger partial charge in [-0.3, -0.25) is 0 Å². The molecule has 106 valence electrons. The first-order chi connectivity index (χ1) is 9.83. The number of rotatable bonds is 3. The normalized spacial score (nSPS) is 14.7. The van der Waals surface area contributed by atoms with Gasteiger partial charge in [-0.15, -0.1) is 0 Å². The Bertz CT molecular complexity index is 607. The number of hydrogen-bond acceptors (Lipinski definition) is 5. The second kappa shape index (κ2) is 5.63. The van der Waals surface area contributed by atoms with Gasteiger partial charge in [0.2, 0.25) is 11.7 Å². The second-order valence-electron chi connectivity index (χ2n) is 5.06. The summed E-state index contributed by atoms with van der Waals surface area (Å²) in [7, 11) is 1.67. The average molecular weight is 273 g/mol. The van der Waals surface area contributed by atoms with Gasteiger partial charge < -0.3 is 15.0 Å². The summed E-state index contributed by atoms with van der Waals surface area (Å²) >= 11 is 0. The molecule has 0 aliphatic heterocycles. The Hall–Kier alpha value is -1.88. The van der Waals surface area contributed by atoms with Gasteiger partial charge in [-0.25, -0.2) is 0 Å². The molecule has 0 unspecified atom stereocenters. The van der Waals surface area contributed by atoms with E-state index in [0.29, 0.717) is 11.7 Å². The molecule has 1 aliphatic carbocycles. The van der Waals surface area contributed by atoms with Gasteiger partial charge in [0.05, 0.1) is 19.2 Å². The number of ether oxygens (including phenoxy) is 1. The topological polar surface area (TPSA) is 74.2 Å². The first kappa shape index (κ1) is 13.1. The molecule has 3 rings (SSSR count). The van der Waals surface area contributed by atoms with Crippen molar-refractivity contribution in [1.82, 2.24) is 10.1 Å². The molecule has 1 aliphatic rings. The minimum Gasteiger partial charge on any atom is -0.496 e. The maximum atomic E-state index is 5.55. The van der Waals surface area contributed by atoms with Crippen molar-refractivity contribution in [3.8, 4) is 17.1 Å². The van der Waals surface area contributed by atoms with Crippen LogP contribution in [0.4, 0.5) is 0 Å². The SMILES string of the molecule is COc1ccc2c(c1-c1noc(CN)n1)CCCCC2. The summed E-state index contributed by atoms with van der Waals surface area (Å²) in [5.41, 5.74) is 9.19. The zero-order valence-electron chi connectivity index (χ0n) is 11.7. The van der Waals surface area contributed by atoms with Gasteiger partial charge in [0, 0.05) is 0 Å². The van der Waals surface area contributed by atoms with Gasteiger partial charge in [-0.1, -0.05) is 17.6 Å². The van der Waals surface area contributed by atoms with Crippen LogP contribution in [0.2, 0.25) is 0 Å². The predicted octanol–water partition coefficient (Wildman–Crippen LogP) is 2.47. The number of methoxy groups -OCH3 is 1. The zero-order chi connectivity index (χ0) is 13.9. The van der Waals surface area contributed by atoms with Crippen LogP contribution in [0.25, 0.3) is 11.4 Å². The van der Waals surface area contributed by atoms with Gasteiger partial charge in [0.1, 0.15) is 5.75 Å². The summed E-state index contributed by atoms with van der Waals surface area (Å²) in [6.07, 6.45) is 5.83. The molecule has 0 spiro atoms. The molecular formula is C15H19N3O2. The summed E-state index contributed by atoms with van der Waals surface area (Å²) in [4.78, 5) is 4.36. The molecule has 0 fully saturated rings. The Labute approximate surface area is 118 Å². The highest BCUT2D eigenvalue weighted by molar-refractivity contribution is 5.70. The maximum absolute atomic E-state index is 5.55. The molecule has 0 amide bonds. The highest BCUT2D eigenvalue weighted by Crippen LogP contribution is 2.36. The van der Waals surface area contributed by atoms with E-state index in [-0.39, 0.29) is 6.54 Å². The van der Waals surface area contributed by atoms with Crippen molar-refractivity contribution in [1.29, 1.82) is 0 Å². The van der Waals surface area contributed by atoms with Crippen LogP contribution in [0, 0.1) is 0 Å². The van der Waals surface area contributed by atoms with Crippen LogP contribution >= 0.6 is 0 Å². The lowest BCUT2D eigenvalue weighted by Gasteiger charge is -2.14. The van der Waals surface area contributed by atoms with E-state index in [1.165, 1.54) is 30.4 Å². The molecule has 5 nitrogen and oxygen atoms in total. The van der Waals surface area contributed by atoms with Crippen molar-refractivity contribution in [2.24, 2.45) is 5.73 Å². The minimum absolute atomic E-state index is 0.254. The average Bonchev–Trinajstić information content (AvgIpc) is 2.83. The number of benzene rings is 1. The van der Waals surface area contributed by atoms with Crippen LogP contribution in [0.3, 0.4) is 0 Å². The molecule has 0 bridgehead atoms. The molecule has 0 atom stereocenters. The van der Waals surface area contributed by atoms with E-state index >= 15 is 0 Å². The molecule has 0 radical (unpaired) electrons. The van der Waals surface area contributed by atoms with Crippen molar-refractivity contribution >= 4 is 0 Å². The Morgan fingerprint density at radius 1 is 1.25 bits per heavy atom. The number of fused-ring (bicyclic) bond motifs is 1. The number of hydrogen-bond donors (Lipinski definition) is 1. The van der Waals surface area contributed by atoms with Crippen molar-refractivity contribution in [2.45, 2.75) is 38.6 Å². The molecule has 2 aromatic rings. The number of nitrogens with two attached hydrogens (primary N) is 1.